The van der Waals surface area contributed by atoms with Crippen molar-refractivity contribution in [1.82, 2.24) is 19.4 Å². The molecule has 0 bridgehead atoms. The Hall–Kier alpha value is -2.38. The van der Waals surface area contributed by atoms with E-state index in [1.807, 2.05) is 4.90 Å². The van der Waals surface area contributed by atoms with Crippen molar-refractivity contribution in [2.45, 2.75) is 51.0 Å². The Kier molecular flexibility index (Phi) is 5.90. The molecule has 8 heteroatoms. The van der Waals surface area contributed by atoms with Gasteiger partial charge < -0.3 is 20.1 Å². The number of primary amides is 1. The van der Waals surface area contributed by atoms with Crippen LogP contribution in [0.3, 0.4) is 0 Å². The summed E-state index contributed by atoms with van der Waals surface area (Å²) >= 11 is 0. The predicted molar refractivity (Wildman–Crippen MR) is 95.0 cm³/mol. The van der Waals surface area contributed by atoms with E-state index in [0.717, 1.165) is 37.9 Å². The van der Waals surface area contributed by atoms with Gasteiger partial charge in [0.2, 0.25) is 17.7 Å². The Morgan fingerprint density at radius 1 is 1.15 bits per heavy atom. The minimum Gasteiger partial charge on any atom is -0.368 e. The number of aromatic nitrogens is 2. The first-order valence-electron chi connectivity index (χ1n) is 9.39. The first kappa shape index (κ1) is 18.4. The second-order valence-corrected chi connectivity index (χ2v) is 7.18. The zero-order chi connectivity index (χ0) is 18.5. The molecule has 2 aliphatic heterocycles. The molecule has 3 rings (SSSR count). The lowest BCUT2D eigenvalue weighted by molar-refractivity contribution is -0.140. The SMILES string of the molecule is NC(=O)Cn1ccnc1C1CCCN(C(=O)CN2CCCCCC2=O)C1. The lowest BCUT2D eigenvalue weighted by atomic mass is 9.97. The van der Waals surface area contributed by atoms with Gasteiger partial charge in [0.25, 0.3) is 0 Å². The van der Waals surface area contributed by atoms with Gasteiger partial charge in [0, 0.05) is 44.4 Å². The summed E-state index contributed by atoms with van der Waals surface area (Å²) in [5.74, 6) is 0.557. The number of piperidine rings is 1. The molecule has 2 saturated heterocycles. The van der Waals surface area contributed by atoms with E-state index in [9.17, 15) is 14.4 Å². The van der Waals surface area contributed by atoms with Gasteiger partial charge in [-0.2, -0.15) is 0 Å². The van der Waals surface area contributed by atoms with Gasteiger partial charge in [-0.1, -0.05) is 6.42 Å². The fraction of sp³-hybridized carbons (Fsp3) is 0.667. The molecule has 0 saturated carbocycles. The third kappa shape index (κ3) is 4.42. The predicted octanol–water partition coefficient (Wildman–Crippen LogP) is 0.477. The summed E-state index contributed by atoms with van der Waals surface area (Å²) in [7, 11) is 0. The first-order chi connectivity index (χ1) is 12.5. The number of hydrogen-bond acceptors (Lipinski definition) is 4. The Morgan fingerprint density at radius 3 is 2.81 bits per heavy atom. The molecule has 0 radical (unpaired) electrons. The van der Waals surface area contributed by atoms with E-state index < -0.39 is 5.91 Å². The van der Waals surface area contributed by atoms with Crippen molar-refractivity contribution >= 4 is 17.7 Å². The standard InChI is InChI=1S/C18H27N5O3/c19-15(24)12-23-10-7-20-18(23)14-5-4-9-21(11-14)17(26)13-22-8-3-1-2-6-16(22)25/h7,10,14H,1-6,8-9,11-13H2,(H2,19,24). The zero-order valence-corrected chi connectivity index (χ0v) is 15.1. The fourth-order valence-corrected chi connectivity index (χ4v) is 3.87. The van der Waals surface area contributed by atoms with Gasteiger partial charge in [0.05, 0.1) is 6.54 Å². The van der Waals surface area contributed by atoms with Crippen molar-refractivity contribution in [1.29, 1.82) is 0 Å². The highest BCUT2D eigenvalue weighted by molar-refractivity contribution is 5.85. The highest BCUT2D eigenvalue weighted by Gasteiger charge is 2.29. The topological polar surface area (TPSA) is 102 Å². The largest absolute Gasteiger partial charge is 0.368 e. The van der Waals surface area contributed by atoms with Crippen LogP contribution in [0.25, 0.3) is 0 Å². The van der Waals surface area contributed by atoms with Gasteiger partial charge in [-0.05, 0) is 25.7 Å². The molecule has 3 amide bonds. The summed E-state index contributed by atoms with van der Waals surface area (Å²) in [6.45, 7) is 2.21. The fourth-order valence-electron chi connectivity index (χ4n) is 3.87. The number of nitrogens with two attached hydrogens (primary N) is 1. The number of nitrogens with zero attached hydrogens (tertiary/aromatic N) is 4. The molecule has 1 unspecified atom stereocenters. The summed E-state index contributed by atoms with van der Waals surface area (Å²) < 4.78 is 1.76. The van der Waals surface area contributed by atoms with Gasteiger partial charge in [-0.15, -0.1) is 0 Å². The number of carbonyl (C=O) groups excluding carboxylic acids is 3. The third-order valence-corrected chi connectivity index (χ3v) is 5.21. The molecular formula is C18H27N5O3. The number of imidazole rings is 1. The smallest absolute Gasteiger partial charge is 0.242 e. The van der Waals surface area contributed by atoms with E-state index in [1.54, 1.807) is 21.9 Å². The Labute approximate surface area is 153 Å². The Morgan fingerprint density at radius 2 is 2.00 bits per heavy atom. The van der Waals surface area contributed by atoms with Crippen molar-refractivity contribution in [2.75, 3.05) is 26.2 Å². The number of likely N-dealkylation sites (tertiary alicyclic amines) is 2. The molecular weight excluding hydrogens is 334 g/mol. The van der Waals surface area contributed by atoms with E-state index in [-0.39, 0.29) is 30.8 Å². The zero-order valence-electron chi connectivity index (χ0n) is 15.1. The van der Waals surface area contributed by atoms with Crippen LogP contribution in [0.1, 0.15) is 50.3 Å². The summed E-state index contributed by atoms with van der Waals surface area (Å²) in [5, 5.41) is 0. The molecule has 0 aromatic carbocycles. The van der Waals surface area contributed by atoms with E-state index >= 15 is 0 Å². The lowest BCUT2D eigenvalue weighted by Crippen LogP contribution is -2.46. The molecule has 1 aromatic rings. The van der Waals surface area contributed by atoms with E-state index in [4.69, 9.17) is 5.73 Å². The van der Waals surface area contributed by atoms with Crippen molar-refractivity contribution < 1.29 is 14.4 Å². The maximum atomic E-state index is 12.7. The van der Waals surface area contributed by atoms with E-state index in [1.165, 1.54) is 0 Å². The minimum absolute atomic E-state index is 0.00189. The van der Waals surface area contributed by atoms with Crippen molar-refractivity contribution in [2.24, 2.45) is 5.73 Å². The van der Waals surface area contributed by atoms with Gasteiger partial charge in [-0.3, -0.25) is 14.4 Å². The van der Waals surface area contributed by atoms with Crippen LogP contribution in [0.2, 0.25) is 0 Å². The normalized spacial score (nSPS) is 21.5. The molecule has 8 nitrogen and oxygen atoms in total. The maximum absolute atomic E-state index is 12.7. The average Bonchev–Trinajstić information content (AvgIpc) is 2.98. The summed E-state index contributed by atoms with van der Waals surface area (Å²) in [6, 6.07) is 0. The van der Waals surface area contributed by atoms with Crippen molar-refractivity contribution in [3.8, 4) is 0 Å². The quantitative estimate of drug-likeness (QED) is 0.824. The molecule has 2 fully saturated rings. The molecule has 2 N–H and O–H groups in total. The van der Waals surface area contributed by atoms with Crippen LogP contribution >= 0.6 is 0 Å². The molecule has 142 valence electrons. The Bertz CT molecular complexity index is 672. The number of rotatable bonds is 5. The highest BCUT2D eigenvalue weighted by Crippen LogP contribution is 2.26. The number of hydrogen-bond donors (Lipinski definition) is 1. The van der Waals surface area contributed by atoms with Crippen LogP contribution in [-0.4, -0.2) is 63.3 Å². The molecule has 26 heavy (non-hydrogen) atoms. The van der Waals surface area contributed by atoms with Crippen LogP contribution in [0.4, 0.5) is 0 Å². The van der Waals surface area contributed by atoms with E-state index in [0.29, 0.717) is 26.1 Å². The molecule has 1 atom stereocenters. The second-order valence-electron chi connectivity index (χ2n) is 7.18. The first-order valence-corrected chi connectivity index (χ1v) is 9.39. The molecule has 1 aromatic heterocycles. The van der Waals surface area contributed by atoms with Gasteiger partial charge >= 0.3 is 0 Å². The van der Waals surface area contributed by atoms with Crippen LogP contribution in [0, 0.1) is 0 Å². The van der Waals surface area contributed by atoms with E-state index in [2.05, 4.69) is 4.98 Å². The second kappa shape index (κ2) is 8.33. The Balaban J connectivity index is 1.62. The lowest BCUT2D eigenvalue weighted by Gasteiger charge is -2.34. The van der Waals surface area contributed by atoms with Crippen LogP contribution in [0.5, 0.6) is 0 Å². The number of carbonyl (C=O) groups is 3. The molecule has 0 spiro atoms. The third-order valence-electron chi connectivity index (χ3n) is 5.21. The van der Waals surface area contributed by atoms with Crippen molar-refractivity contribution in [3.63, 3.8) is 0 Å². The van der Waals surface area contributed by atoms with Gasteiger partial charge in [-0.25, -0.2) is 4.98 Å². The van der Waals surface area contributed by atoms with Crippen LogP contribution in [-0.2, 0) is 20.9 Å². The summed E-state index contributed by atoms with van der Waals surface area (Å²) in [4.78, 5) is 44.0. The van der Waals surface area contributed by atoms with Gasteiger partial charge in [0.1, 0.15) is 12.4 Å². The monoisotopic (exact) mass is 361 g/mol. The number of amides is 3. The summed E-state index contributed by atoms with van der Waals surface area (Å²) in [5.41, 5.74) is 5.30. The summed E-state index contributed by atoms with van der Waals surface area (Å²) in [6.07, 6.45) is 8.68. The molecule has 3 heterocycles. The average molecular weight is 361 g/mol. The van der Waals surface area contributed by atoms with Crippen LogP contribution < -0.4 is 5.73 Å². The van der Waals surface area contributed by atoms with Crippen molar-refractivity contribution in [3.05, 3.63) is 18.2 Å². The molecule has 0 aliphatic carbocycles. The minimum atomic E-state index is -0.410. The molecule has 2 aliphatic rings. The van der Waals surface area contributed by atoms with Crippen LogP contribution in [0.15, 0.2) is 12.4 Å². The maximum Gasteiger partial charge on any atom is 0.242 e. The highest BCUT2D eigenvalue weighted by atomic mass is 16.2. The van der Waals surface area contributed by atoms with Gasteiger partial charge in [0.15, 0.2) is 0 Å².